The Labute approximate surface area is 101 Å². The molecule has 0 heterocycles. The number of halogens is 2. The first-order valence-corrected chi connectivity index (χ1v) is 4.86. The maximum absolute atomic E-state index is 13.2. The van der Waals surface area contributed by atoms with Crippen molar-refractivity contribution in [1.29, 1.82) is 0 Å². The van der Waals surface area contributed by atoms with Crippen LogP contribution in [0.3, 0.4) is 0 Å². The van der Waals surface area contributed by atoms with E-state index in [0.717, 1.165) is 0 Å². The first-order chi connectivity index (χ1) is 7.13. The van der Waals surface area contributed by atoms with Gasteiger partial charge in [0.2, 0.25) is 5.91 Å². The van der Waals surface area contributed by atoms with Crippen molar-refractivity contribution in [3.05, 3.63) is 35.6 Å². The second-order valence-corrected chi connectivity index (χ2v) is 3.47. The van der Waals surface area contributed by atoms with E-state index in [1.54, 1.807) is 18.2 Å². The van der Waals surface area contributed by atoms with Gasteiger partial charge < -0.3 is 11.1 Å². The zero-order chi connectivity index (χ0) is 11.3. The Morgan fingerprint density at radius 1 is 1.50 bits per heavy atom. The summed E-state index contributed by atoms with van der Waals surface area (Å²) < 4.78 is 13.2. The summed E-state index contributed by atoms with van der Waals surface area (Å²) in [7, 11) is 0. The van der Waals surface area contributed by atoms with Crippen molar-refractivity contribution in [3.8, 4) is 0 Å². The van der Waals surface area contributed by atoms with E-state index in [1.165, 1.54) is 6.07 Å². The van der Waals surface area contributed by atoms with Crippen LogP contribution < -0.4 is 11.1 Å². The van der Waals surface area contributed by atoms with Crippen molar-refractivity contribution in [2.24, 2.45) is 5.73 Å². The van der Waals surface area contributed by atoms with E-state index in [1.807, 2.05) is 6.92 Å². The van der Waals surface area contributed by atoms with E-state index < -0.39 is 0 Å². The van der Waals surface area contributed by atoms with E-state index in [-0.39, 0.29) is 36.7 Å². The van der Waals surface area contributed by atoms with Gasteiger partial charge in [-0.3, -0.25) is 4.79 Å². The quantitative estimate of drug-likeness (QED) is 0.840. The maximum Gasteiger partial charge on any atom is 0.233 e. The van der Waals surface area contributed by atoms with E-state index >= 15 is 0 Å². The minimum absolute atomic E-state index is 0. The van der Waals surface area contributed by atoms with Gasteiger partial charge in [0, 0.05) is 6.04 Å². The first-order valence-electron chi connectivity index (χ1n) is 4.86. The molecule has 0 aromatic heterocycles. The van der Waals surface area contributed by atoms with E-state index in [9.17, 15) is 9.18 Å². The van der Waals surface area contributed by atoms with E-state index in [2.05, 4.69) is 5.32 Å². The molecule has 0 aliphatic carbocycles. The Balaban J connectivity index is 0.00000225. The van der Waals surface area contributed by atoms with Gasteiger partial charge in [0.1, 0.15) is 5.82 Å². The van der Waals surface area contributed by atoms with Crippen LogP contribution in [0.25, 0.3) is 0 Å². The summed E-state index contributed by atoms with van der Waals surface area (Å²) in [6.07, 6.45) is 0.471. The van der Waals surface area contributed by atoms with Crippen LogP contribution in [-0.2, 0) is 11.2 Å². The zero-order valence-electron chi connectivity index (χ0n) is 9.07. The number of rotatable bonds is 4. The number of nitrogens with two attached hydrogens (primary N) is 1. The van der Waals surface area contributed by atoms with Crippen LogP contribution in [0.5, 0.6) is 0 Å². The average Bonchev–Trinajstić information content (AvgIpc) is 2.21. The van der Waals surface area contributed by atoms with Crippen molar-refractivity contribution in [3.63, 3.8) is 0 Å². The molecule has 90 valence electrons. The molecule has 3 nitrogen and oxygen atoms in total. The third-order valence-corrected chi connectivity index (χ3v) is 2.08. The number of carbonyl (C=O) groups excluding carboxylic acids is 1. The molecule has 1 aromatic carbocycles. The lowest BCUT2D eigenvalue weighted by Gasteiger charge is -2.13. The highest BCUT2D eigenvalue weighted by molar-refractivity contribution is 5.85. The van der Waals surface area contributed by atoms with Gasteiger partial charge in [-0.05, 0) is 25.0 Å². The van der Waals surface area contributed by atoms with Gasteiger partial charge >= 0.3 is 0 Å². The summed E-state index contributed by atoms with van der Waals surface area (Å²) in [6.45, 7) is 1.78. The summed E-state index contributed by atoms with van der Waals surface area (Å²) in [5.41, 5.74) is 5.76. The fourth-order valence-electron chi connectivity index (χ4n) is 1.38. The molecule has 1 rings (SSSR count). The van der Waals surface area contributed by atoms with Crippen LogP contribution in [-0.4, -0.2) is 18.5 Å². The molecule has 0 radical (unpaired) electrons. The molecule has 1 amide bonds. The average molecular weight is 247 g/mol. The van der Waals surface area contributed by atoms with Crippen molar-refractivity contribution in [2.45, 2.75) is 19.4 Å². The first kappa shape index (κ1) is 14.9. The summed E-state index contributed by atoms with van der Waals surface area (Å²) in [5.74, 6) is -0.467. The van der Waals surface area contributed by atoms with Gasteiger partial charge in [-0.2, -0.15) is 0 Å². The number of carbonyl (C=O) groups is 1. The van der Waals surface area contributed by atoms with E-state index in [4.69, 9.17) is 5.73 Å². The molecule has 3 N–H and O–H groups in total. The van der Waals surface area contributed by atoms with Gasteiger partial charge in [-0.1, -0.05) is 18.2 Å². The Bertz CT molecular complexity index is 347. The number of benzene rings is 1. The molecule has 1 atom stereocenters. The highest BCUT2D eigenvalue weighted by Crippen LogP contribution is 2.08. The molecule has 5 heteroatoms. The van der Waals surface area contributed by atoms with Crippen LogP contribution in [0, 0.1) is 5.82 Å². The van der Waals surface area contributed by atoms with Crippen molar-refractivity contribution >= 4 is 18.3 Å². The van der Waals surface area contributed by atoms with Gasteiger partial charge in [0.05, 0.1) is 6.54 Å². The molecular formula is C11H16ClFN2O. The molecule has 16 heavy (non-hydrogen) atoms. The second-order valence-electron chi connectivity index (χ2n) is 3.47. The Kier molecular flexibility index (Phi) is 6.69. The molecule has 0 aliphatic rings. The van der Waals surface area contributed by atoms with E-state index in [0.29, 0.717) is 12.0 Å². The molecule has 0 bridgehead atoms. The smallest absolute Gasteiger partial charge is 0.233 e. The molecule has 0 fully saturated rings. The predicted molar refractivity (Wildman–Crippen MR) is 64.0 cm³/mol. The van der Waals surface area contributed by atoms with Gasteiger partial charge in [-0.15, -0.1) is 12.4 Å². The normalized spacial score (nSPS) is 11.4. The van der Waals surface area contributed by atoms with Crippen LogP contribution >= 0.6 is 12.4 Å². The SMILES string of the molecule is CC(Cc1ccccc1F)NC(=O)CN.Cl. The highest BCUT2D eigenvalue weighted by Gasteiger charge is 2.08. The molecular weight excluding hydrogens is 231 g/mol. The van der Waals surface area contributed by atoms with Gasteiger partial charge in [0.25, 0.3) is 0 Å². The maximum atomic E-state index is 13.2. The molecule has 0 spiro atoms. The van der Waals surface area contributed by atoms with Crippen molar-refractivity contribution < 1.29 is 9.18 Å². The summed E-state index contributed by atoms with van der Waals surface area (Å²) >= 11 is 0. The Morgan fingerprint density at radius 3 is 2.69 bits per heavy atom. The highest BCUT2D eigenvalue weighted by atomic mass is 35.5. The largest absolute Gasteiger partial charge is 0.352 e. The van der Waals surface area contributed by atoms with Crippen LogP contribution in [0.2, 0.25) is 0 Å². The summed E-state index contributed by atoms with van der Waals surface area (Å²) in [5, 5.41) is 2.67. The molecule has 0 saturated carbocycles. The Morgan fingerprint density at radius 2 is 2.12 bits per heavy atom. The lowest BCUT2D eigenvalue weighted by atomic mass is 10.1. The molecule has 1 unspecified atom stereocenters. The fourth-order valence-corrected chi connectivity index (χ4v) is 1.38. The third kappa shape index (κ3) is 4.59. The predicted octanol–water partition coefficient (Wildman–Crippen LogP) is 1.25. The topological polar surface area (TPSA) is 55.1 Å². The van der Waals surface area contributed by atoms with Crippen LogP contribution in [0.1, 0.15) is 12.5 Å². The lowest BCUT2D eigenvalue weighted by Crippen LogP contribution is -2.38. The Hall–Kier alpha value is -1.13. The van der Waals surface area contributed by atoms with Crippen LogP contribution in [0.4, 0.5) is 4.39 Å². The number of amides is 1. The van der Waals surface area contributed by atoms with Crippen molar-refractivity contribution in [2.75, 3.05) is 6.54 Å². The second kappa shape index (κ2) is 7.19. The molecule has 0 aliphatic heterocycles. The number of hydrogen-bond acceptors (Lipinski definition) is 2. The summed E-state index contributed by atoms with van der Waals surface area (Å²) in [4.78, 5) is 11.0. The monoisotopic (exact) mass is 246 g/mol. The van der Waals surface area contributed by atoms with Crippen molar-refractivity contribution in [1.82, 2.24) is 5.32 Å². The van der Waals surface area contributed by atoms with Crippen LogP contribution in [0.15, 0.2) is 24.3 Å². The zero-order valence-corrected chi connectivity index (χ0v) is 9.89. The third-order valence-electron chi connectivity index (χ3n) is 2.08. The lowest BCUT2D eigenvalue weighted by molar-refractivity contribution is -0.120. The van der Waals surface area contributed by atoms with Gasteiger partial charge in [0.15, 0.2) is 0 Å². The molecule has 1 aromatic rings. The van der Waals surface area contributed by atoms with Gasteiger partial charge in [-0.25, -0.2) is 4.39 Å². The minimum atomic E-state index is -0.244. The summed E-state index contributed by atoms with van der Waals surface area (Å²) in [6, 6.07) is 6.42. The minimum Gasteiger partial charge on any atom is -0.352 e. The fraction of sp³-hybridized carbons (Fsp3) is 0.364. The standard InChI is InChI=1S/C11H15FN2O.ClH/c1-8(14-11(15)7-13)6-9-4-2-3-5-10(9)12;/h2-5,8H,6-7,13H2,1H3,(H,14,15);1H. The number of nitrogens with one attached hydrogen (secondary N) is 1. The molecule has 0 saturated heterocycles. The number of hydrogen-bond donors (Lipinski definition) is 2.